The highest BCUT2D eigenvalue weighted by atomic mass is 35.5. The molecule has 136 valence electrons. The zero-order valence-corrected chi connectivity index (χ0v) is 14.8. The number of rotatable bonds is 4. The smallest absolute Gasteiger partial charge is 0.255 e. The molecule has 1 saturated heterocycles. The number of pyridine rings is 1. The summed E-state index contributed by atoms with van der Waals surface area (Å²) in [4.78, 5) is 29.2. The number of amides is 2. The molecule has 1 aliphatic rings. The number of carbonyl (C=O) groups is 2. The van der Waals surface area contributed by atoms with Crippen molar-refractivity contribution >= 4 is 29.1 Å². The number of halogens is 1. The van der Waals surface area contributed by atoms with Crippen LogP contribution in [0, 0.1) is 0 Å². The Kier molecular flexibility index (Phi) is 5.51. The molecule has 0 saturated carbocycles. The molecule has 7 nitrogen and oxygen atoms in total. The van der Waals surface area contributed by atoms with E-state index in [9.17, 15) is 14.7 Å². The van der Waals surface area contributed by atoms with E-state index in [1.54, 1.807) is 37.4 Å². The van der Waals surface area contributed by atoms with Gasteiger partial charge in [0.15, 0.2) is 0 Å². The standard InChI is InChI=1S/C18H18ClN3O4/c1-22-14(9-26-10-16(22)23)17(24)11-2-4-13(5-3-11)21-18(25)12-6-7-20-15(19)8-12/h2-8,14,17,24H,9-10H2,1H3,(H,21,25)/t14-,17-/m1/s1. The Labute approximate surface area is 155 Å². The van der Waals surface area contributed by atoms with Crippen molar-refractivity contribution in [3.05, 3.63) is 58.9 Å². The quantitative estimate of drug-likeness (QED) is 0.796. The zero-order valence-electron chi connectivity index (χ0n) is 14.1. The van der Waals surface area contributed by atoms with Crippen LogP contribution in [0.2, 0.25) is 5.15 Å². The highest BCUT2D eigenvalue weighted by Gasteiger charge is 2.32. The minimum atomic E-state index is -0.881. The summed E-state index contributed by atoms with van der Waals surface area (Å²) in [7, 11) is 1.65. The molecule has 0 aliphatic carbocycles. The lowest BCUT2D eigenvalue weighted by molar-refractivity contribution is -0.151. The molecule has 3 rings (SSSR count). The third kappa shape index (κ3) is 4.01. The number of aliphatic hydroxyl groups excluding tert-OH is 1. The van der Waals surface area contributed by atoms with Gasteiger partial charge < -0.3 is 20.1 Å². The first-order valence-corrected chi connectivity index (χ1v) is 8.38. The van der Waals surface area contributed by atoms with E-state index in [0.29, 0.717) is 16.8 Å². The van der Waals surface area contributed by atoms with Crippen molar-refractivity contribution in [3.8, 4) is 0 Å². The molecule has 1 aromatic carbocycles. The molecule has 2 aromatic rings. The van der Waals surface area contributed by atoms with Crippen molar-refractivity contribution in [3.63, 3.8) is 0 Å². The SMILES string of the molecule is CN1C(=O)COC[C@@H]1[C@H](O)c1ccc(NC(=O)c2ccnc(Cl)c2)cc1. The molecule has 26 heavy (non-hydrogen) atoms. The Balaban J connectivity index is 1.68. The van der Waals surface area contributed by atoms with Crippen molar-refractivity contribution < 1.29 is 19.4 Å². The lowest BCUT2D eigenvalue weighted by atomic mass is 10.0. The number of nitrogens with zero attached hydrogens (tertiary/aromatic N) is 2. The van der Waals surface area contributed by atoms with Gasteiger partial charge in [-0.3, -0.25) is 9.59 Å². The van der Waals surface area contributed by atoms with Gasteiger partial charge in [-0.05, 0) is 29.8 Å². The molecule has 0 unspecified atom stereocenters. The first-order chi connectivity index (χ1) is 12.5. The lowest BCUT2D eigenvalue weighted by Crippen LogP contribution is -2.49. The molecule has 2 atom stereocenters. The summed E-state index contributed by atoms with van der Waals surface area (Å²) >= 11 is 5.79. The normalized spacial score (nSPS) is 18.5. The minimum absolute atomic E-state index is 0.0315. The fourth-order valence-electron chi connectivity index (χ4n) is 2.70. The first kappa shape index (κ1) is 18.3. The summed E-state index contributed by atoms with van der Waals surface area (Å²) in [6.45, 7) is 0.300. The van der Waals surface area contributed by atoms with Crippen LogP contribution in [-0.2, 0) is 9.53 Å². The molecule has 1 aromatic heterocycles. The van der Waals surface area contributed by atoms with Gasteiger partial charge >= 0.3 is 0 Å². The molecule has 1 aliphatic heterocycles. The fraction of sp³-hybridized carbons (Fsp3) is 0.278. The van der Waals surface area contributed by atoms with Crippen molar-refractivity contribution in [2.24, 2.45) is 0 Å². The van der Waals surface area contributed by atoms with Crippen LogP contribution in [0.5, 0.6) is 0 Å². The van der Waals surface area contributed by atoms with Gasteiger partial charge in [-0.2, -0.15) is 0 Å². The number of aromatic nitrogens is 1. The van der Waals surface area contributed by atoms with E-state index in [4.69, 9.17) is 16.3 Å². The van der Waals surface area contributed by atoms with Crippen molar-refractivity contribution in [1.82, 2.24) is 9.88 Å². The molecular formula is C18H18ClN3O4. The van der Waals surface area contributed by atoms with Gasteiger partial charge in [0, 0.05) is 24.5 Å². The molecular weight excluding hydrogens is 358 g/mol. The maximum absolute atomic E-state index is 12.2. The second kappa shape index (κ2) is 7.82. The maximum Gasteiger partial charge on any atom is 0.255 e. The Bertz CT molecular complexity index is 812. The van der Waals surface area contributed by atoms with E-state index in [1.807, 2.05) is 0 Å². The topological polar surface area (TPSA) is 91.8 Å². The van der Waals surface area contributed by atoms with E-state index in [2.05, 4.69) is 10.3 Å². The molecule has 2 heterocycles. The van der Waals surface area contributed by atoms with Gasteiger partial charge in [-0.25, -0.2) is 4.98 Å². The summed E-state index contributed by atoms with van der Waals surface area (Å²) in [5, 5.41) is 13.5. The number of benzene rings is 1. The van der Waals surface area contributed by atoms with Crippen LogP contribution in [0.1, 0.15) is 22.0 Å². The number of likely N-dealkylation sites (N-methyl/N-ethyl adjacent to an activating group) is 1. The van der Waals surface area contributed by atoms with Gasteiger partial charge in [0.1, 0.15) is 17.9 Å². The second-order valence-corrected chi connectivity index (χ2v) is 6.36. The Morgan fingerprint density at radius 3 is 2.81 bits per heavy atom. The van der Waals surface area contributed by atoms with Gasteiger partial charge in [0.25, 0.3) is 5.91 Å². The monoisotopic (exact) mass is 375 g/mol. The van der Waals surface area contributed by atoms with E-state index >= 15 is 0 Å². The van der Waals surface area contributed by atoms with Crippen LogP contribution in [0.25, 0.3) is 0 Å². The van der Waals surface area contributed by atoms with Crippen LogP contribution >= 0.6 is 11.6 Å². The third-order valence-electron chi connectivity index (χ3n) is 4.27. The number of aliphatic hydroxyl groups is 1. The van der Waals surface area contributed by atoms with Gasteiger partial charge in [-0.15, -0.1) is 0 Å². The molecule has 2 amide bonds. The number of carbonyl (C=O) groups excluding carboxylic acids is 2. The van der Waals surface area contributed by atoms with Gasteiger partial charge in [0.2, 0.25) is 5.91 Å². The molecule has 1 fully saturated rings. The third-order valence-corrected chi connectivity index (χ3v) is 4.48. The highest BCUT2D eigenvalue weighted by molar-refractivity contribution is 6.29. The van der Waals surface area contributed by atoms with Gasteiger partial charge in [-0.1, -0.05) is 23.7 Å². The molecule has 8 heteroatoms. The summed E-state index contributed by atoms with van der Waals surface area (Å²) in [5.41, 5.74) is 1.60. The number of hydrogen-bond donors (Lipinski definition) is 2. The summed E-state index contributed by atoms with van der Waals surface area (Å²) in [6.07, 6.45) is 0.578. The largest absolute Gasteiger partial charge is 0.386 e. The maximum atomic E-state index is 12.2. The predicted octanol–water partition coefficient (Wildman–Crippen LogP) is 1.88. The summed E-state index contributed by atoms with van der Waals surface area (Å²) in [5.74, 6) is -0.478. The van der Waals surface area contributed by atoms with Crippen molar-refractivity contribution in [2.75, 3.05) is 25.6 Å². The van der Waals surface area contributed by atoms with E-state index in [-0.39, 0.29) is 30.2 Å². The van der Waals surface area contributed by atoms with Gasteiger partial charge in [0.05, 0.1) is 12.6 Å². The van der Waals surface area contributed by atoms with E-state index in [1.165, 1.54) is 17.2 Å². The predicted molar refractivity (Wildman–Crippen MR) is 96.0 cm³/mol. The Morgan fingerprint density at radius 1 is 1.38 bits per heavy atom. The van der Waals surface area contributed by atoms with Crippen LogP contribution in [0.15, 0.2) is 42.6 Å². The van der Waals surface area contributed by atoms with Crippen LogP contribution in [0.4, 0.5) is 5.69 Å². The average molecular weight is 376 g/mol. The Morgan fingerprint density at radius 2 is 2.12 bits per heavy atom. The highest BCUT2D eigenvalue weighted by Crippen LogP contribution is 2.24. The Hall–Kier alpha value is -2.48. The first-order valence-electron chi connectivity index (χ1n) is 8.00. The van der Waals surface area contributed by atoms with E-state index < -0.39 is 12.1 Å². The van der Waals surface area contributed by atoms with Crippen molar-refractivity contribution in [2.45, 2.75) is 12.1 Å². The summed E-state index contributed by atoms with van der Waals surface area (Å²) in [6, 6.07) is 9.37. The van der Waals surface area contributed by atoms with Crippen LogP contribution < -0.4 is 5.32 Å². The number of nitrogens with one attached hydrogen (secondary N) is 1. The zero-order chi connectivity index (χ0) is 18.7. The van der Waals surface area contributed by atoms with Crippen LogP contribution in [-0.4, -0.2) is 53.1 Å². The van der Waals surface area contributed by atoms with E-state index in [0.717, 1.165) is 0 Å². The van der Waals surface area contributed by atoms with Crippen molar-refractivity contribution in [1.29, 1.82) is 0 Å². The number of ether oxygens (including phenoxy) is 1. The molecule has 0 bridgehead atoms. The molecule has 2 N–H and O–H groups in total. The number of hydrogen-bond acceptors (Lipinski definition) is 5. The number of anilines is 1. The molecule has 0 spiro atoms. The minimum Gasteiger partial charge on any atom is -0.386 e. The second-order valence-electron chi connectivity index (χ2n) is 5.98. The fourth-order valence-corrected chi connectivity index (χ4v) is 2.88. The lowest BCUT2D eigenvalue weighted by Gasteiger charge is -2.35. The van der Waals surface area contributed by atoms with Crippen LogP contribution in [0.3, 0.4) is 0 Å². The summed E-state index contributed by atoms with van der Waals surface area (Å²) < 4.78 is 5.22. The molecule has 0 radical (unpaired) electrons. The number of morpholine rings is 1. The average Bonchev–Trinajstić information content (AvgIpc) is 2.64.